The van der Waals surface area contributed by atoms with Gasteiger partial charge in [-0.3, -0.25) is 0 Å². The van der Waals surface area contributed by atoms with Gasteiger partial charge in [-0.05, 0) is 29.7 Å². The van der Waals surface area contributed by atoms with Crippen LogP contribution in [0, 0.1) is 0 Å². The fourth-order valence-electron chi connectivity index (χ4n) is 3.12. The summed E-state index contributed by atoms with van der Waals surface area (Å²) in [6.45, 7) is 0. The van der Waals surface area contributed by atoms with E-state index in [1.807, 2.05) is 0 Å². The van der Waals surface area contributed by atoms with Crippen LogP contribution in [0.2, 0.25) is 0 Å². The highest BCUT2D eigenvalue weighted by molar-refractivity contribution is 5.86. The number of halogens is 6. The Morgan fingerprint density at radius 1 is 0.897 bits per heavy atom. The number of nitrogens with zero attached hydrogens (tertiary/aromatic N) is 1. The molecule has 0 amide bonds. The molecule has 1 heterocycles. The second kappa shape index (κ2) is 7.64. The van der Waals surface area contributed by atoms with Gasteiger partial charge in [-0.15, -0.1) is 0 Å². The van der Waals surface area contributed by atoms with Crippen LogP contribution in [0.15, 0.2) is 54.6 Å². The van der Waals surface area contributed by atoms with Gasteiger partial charge in [0.15, 0.2) is 0 Å². The minimum absolute atomic E-state index is 0.117. The molecule has 2 unspecified atom stereocenters. The summed E-state index contributed by atoms with van der Waals surface area (Å²) in [6.07, 6.45) is -11.4. The van der Waals surface area contributed by atoms with Crippen molar-refractivity contribution in [2.75, 3.05) is 0 Å². The van der Waals surface area contributed by atoms with Gasteiger partial charge >= 0.3 is 12.4 Å². The molecule has 3 aromatic rings. The van der Waals surface area contributed by atoms with Crippen molar-refractivity contribution in [2.24, 2.45) is 5.73 Å². The van der Waals surface area contributed by atoms with Gasteiger partial charge in [-0.1, -0.05) is 42.5 Å². The van der Waals surface area contributed by atoms with Crippen LogP contribution < -0.4 is 5.73 Å². The van der Waals surface area contributed by atoms with E-state index in [-0.39, 0.29) is 17.4 Å². The molecular formula is C20H16F6N2O. The zero-order valence-corrected chi connectivity index (χ0v) is 14.8. The normalized spacial score (nSPS) is 14.8. The number of hydrogen-bond donors (Lipinski definition) is 2. The van der Waals surface area contributed by atoms with Gasteiger partial charge in [0.1, 0.15) is 5.69 Å². The van der Waals surface area contributed by atoms with Crippen molar-refractivity contribution in [2.45, 2.75) is 30.9 Å². The van der Waals surface area contributed by atoms with E-state index in [0.717, 1.165) is 11.6 Å². The van der Waals surface area contributed by atoms with Crippen LogP contribution >= 0.6 is 0 Å². The molecule has 0 spiro atoms. The molecule has 0 aliphatic carbocycles. The molecule has 2 aromatic carbocycles. The van der Waals surface area contributed by atoms with Gasteiger partial charge in [0.2, 0.25) is 0 Å². The summed E-state index contributed by atoms with van der Waals surface area (Å²) in [5, 5.41) is 10.4. The topological polar surface area (TPSA) is 59.1 Å². The average Bonchev–Trinajstić information content (AvgIpc) is 2.65. The molecule has 3 rings (SSSR count). The Morgan fingerprint density at radius 2 is 1.55 bits per heavy atom. The monoisotopic (exact) mass is 414 g/mol. The Balaban J connectivity index is 2.15. The van der Waals surface area contributed by atoms with Gasteiger partial charge in [0, 0.05) is 11.4 Å². The first-order valence-electron chi connectivity index (χ1n) is 8.54. The highest BCUT2D eigenvalue weighted by Crippen LogP contribution is 2.39. The predicted molar refractivity (Wildman–Crippen MR) is 94.8 cm³/mol. The second-order valence-corrected chi connectivity index (χ2v) is 6.59. The summed E-state index contributed by atoms with van der Waals surface area (Å²) in [5.41, 5.74) is 2.64. The highest BCUT2D eigenvalue weighted by atomic mass is 19.4. The summed E-state index contributed by atoms with van der Waals surface area (Å²) < 4.78 is 79.8. The van der Waals surface area contributed by atoms with Crippen LogP contribution in [0.5, 0.6) is 0 Å². The van der Waals surface area contributed by atoms with Crippen LogP contribution in [0.4, 0.5) is 26.3 Å². The van der Waals surface area contributed by atoms with Crippen LogP contribution in [0.3, 0.4) is 0 Å². The van der Waals surface area contributed by atoms with Gasteiger partial charge in [-0.25, -0.2) is 4.98 Å². The first kappa shape index (κ1) is 21.1. The van der Waals surface area contributed by atoms with Gasteiger partial charge in [0.05, 0.1) is 17.2 Å². The number of para-hydroxylation sites is 1. The summed E-state index contributed by atoms with van der Waals surface area (Å²) >= 11 is 0. The van der Waals surface area contributed by atoms with E-state index in [1.165, 1.54) is 6.07 Å². The molecule has 0 aliphatic heterocycles. The van der Waals surface area contributed by atoms with Crippen molar-refractivity contribution in [3.63, 3.8) is 0 Å². The Kier molecular flexibility index (Phi) is 5.55. The third-order valence-corrected chi connectivity index (χ3v) is 4.51. The van der Waals surface area contributed by atoms with Gasteiger partial charge in [0.25, 0.3) is 0 Å². The SMILES string of the molecule is NC(Cc1ccccc1)C(O)c1cc(C(F)(F)F)nc2c(C(F)(F)F)cccc12. The smallest absolute Gasteiger partial charge is 0.387 e. The molecule has 0 saturated heterocycles. The van der Waals surface area contributed by atoms with Crippen molar-refractivity contribution >= 4 is 10.9 Å². The molecule has 0 fully saturated rings. The van der Waals surface area contributed by atoms with Crippen LogP contribution in [0.1, 0.15) is 28.5 Å². The lowest BCUT2D eigenvalue weighted by Crippen LogP contribution is -2.31. The van der Waals surface area contributed by atoms with E-state index in [1.54, 1.807) is 30.3 Å². The van der Waals surface area contributed by atoms with E-state index in [2.05, 4.69) is 4.98 Å². The third kappa shape index (κ3) is 4.51. The standard InChI is InChI=1S/C20H16F6N2O/c21-19(22,23)14-8-4-7-12-13(10-16(20(24,25)26)28-17(12)14)18(29)15(27)9-11-5-2-1-3-6-11/h1-8,10,15,18,29H,9,27H2. The van der Waals surface area contributed by atoms with E-state index in [4.69, 9.17) is 5.73 Å². The van der Waals surface area contributed by atoms with E-state index < -0.39 is 41.3 Å². The van der Waals surface area contributed by atoms with Crippen molar-refractivity contribution in [1.29, 1.82) is 0 Å². The summed E-state index contributed by atoms with van der Waals surface area (Å²) in [5.74, 6) is 0. The largest absolute Gasteiger partial charge is 0.433 e. The number of aromatic nitrogens is 1. The number of benzene rings is 2. The minimum Gasteiger partial charge on any atom is -0.387 e. The number of nitrogens with two attached hydrogens (primary N) is 1. The summed E-state index contributed by atoms with van der Waals surface area (Å²) in [6, 6.07) is 11.1. The number of rotatable bonds is 4. The fraction of sp³-hybridized carbons (Fsp3) is 0.250. The zero-order valence-electron chi connectivity index (χ0n) is 14.8. The highest BCUT2D eigenvalue weighted by Gasteiger charge is 2.38. The Labute approximate surface area is 161 Å². The van der Waals surface area contributed by atoms with Crippen LogP contribution in [-0.4, -0.2) is 16.1 Å². The number of fused-ring (bicyclic) bond motifs is 1. The first-order valence-corrected chi connectivity index (χ1v) is 8.54. The molecule has 3 N–H and O–H groups in total. The molecular weight excluding hydrogens is 398 g/mol. The molecule has 9 heteroatoms. The number of alkyl halides is 6. The quantitative estimate of drug-likeness (QED) is 0.599. The lowest BCUT2D eigenvalue weighted by molar-refractivity contribution is -0.142. The average molecular weight is 414 g/mol. The van der Waals surface area contributed by atoms with Crippen molar-refractivity contribution in [3.05, 3.63) is 77.0 Å². The van der Waals surface area contributed by atoms with Crippen molar-refractivity contribution < 1.29 is 31.4 Å². The number of aliphatic hydroxyl groups excluding tert-OH is 1. The molecule has 1 aromatic heterocycles. The minimum atomic E-state index is -5.00. The summed E-state index contributed by atoms with van der Waals surface area (Å²) in [7, 11) is 0. The first-order chi connectivity index (χ1) is 13.5. The number of hydrogen-bond acceptors (Lipinski definition) is 3. The van der Waals surface area contributed by atoms with E-state index >= 15 is 0 Å². The Bertz CT molecular complexity index is 1000. The molecule has 0 bridgehead atoms. The summed E-state index contributed by atoms with van der Waals surface area (Å²) in [4.78, 5) is 3.20. The fourth-order valence-corrected chi connectivity index (χ4v) is 3.12. The molecule has 0 saturated carbocycles. The second-order valence-electron chi connectivity index (χ2n) is 6.59. The zero-order chi connectivity index (χ0) is 21.4. The third-order valence-electron chi connectivity index (χ3n) is 4.51. The Hall–Kier alpha value is -2.65. The lowest BCUT2D eigenvalue weighted by Gasteiger charge is -2.23. The maximum absolute atomic E-state index is 13.3. The van der Waals surface area contributed by atoms with Gasteiger partial charge in [-0.2, -0.15) is 26.3 Å². The van der Waals surface area contributed by atoms with Crippen LogP contribution in [0.25, 0.3) is 10.9 Å². The molecule has 3 nitrogen and oxygen atoms in total. The van der Waals surface area contributed by atoms with E-state index in [9.17, 15) is 31.4 Å². The molecule has 0 radical (unpaired) electrons. The molecule has 29 heavy (non-hydrogen) atoms. The van der Waals surface area contributed by atoms with Crippen LogP contribution in [-0.2, 0) is 18.8 Å². The van der Waals surface area contributed by atoms with E-state index in [0.29, 0.717) is 12.1 Å². The molecule has 154 valence electrons. The molecule has 2 atom stereocenters. The predicted octanol–water partition coefficient (Wildman–Crippen LogP) is 4.88. The number of pyridine rings is 1. The maximum Gasteiger partial charge on any atom is 0.433 e. The lowest BCUT2D eigenvalue weighted by atomic mass is 9.93. The Morgan fingerprint density at radius 3 is 2.14 bits per heavy atom. The van der Waals surface area contributed by atoms with Gasteiger partial charge < -0.3 is 10.8 Å². The van der Waals surface area contributed by atoms with Crippen molar-refractivity contribution in [1.82, 2.24) is 4.98 Å². The molecule has 0 aliphatic rings. The van der Waals surface area contributed by atoms with Crippen molar-refractivity contribution in [3.8, 4) is 0 Å². The number of aliphatic hydroxyl groups is 1. The maximum atomic E-state index is 13.3.